The third-order valence-electron chi connectivity index (χ3n) is 2.47. The summed E-state index contributed by atoms with van der Waals surface area (Å²) in [5.74, 6) is -0.761. The molecule has 0 unspecified atom stereocenters. The molecule has 5 nitrogen and oxygen atoms in total. The number of nitrogens with zero attached hydrogens (tertiary/aromatic N) is 1. The van der Waals surface area contributed by atoms with E-state index in [9.17, 15) is 9.59 Å². The van der Waals surface area contributed by atoms with E-state index in [1.54, 1.807) is 37.3 Å². The Morgan fingerprint density at radius 2 is 2.05 bits per heavy atom. The van der Waals surface area contributed by atoms with Crippen LogP contribution in [-0.4, -0.2) is 25.0 Å². The van der Waals surface area contributed by atoms with Gasteiger partial charge in [0.25, 0.3) is 0 Å². The van der Waals surface area contributed by atoms with Gasteiger partial charge in [-0.05, 0) is 30.7 Å². The Labute approximate surface area is 123 Å². The molecule has 1 aromatic rings. The van der Waals surface area contributed by atoms with E-state index in [1.165, 1.54) is 6.08 Å². The number of benzene rings is 1. The van der Waals surface area contributed by atoms with Gasteiger partial charge in [-0.25, -0.2) is 4.79 Å². The predicted octanol–water partition coefficient (Wildman–Crippen LogP) is 1.81. The number of hydrogen-bond acceptors (Lipinski definition) is 4. The highest BCUT2D eigenvalue weighted by Gasteiger charge is 2.01. The Bertz CT molecular complexity index is 595. The quantitative estimate of drug-likeness (QED) is 0.491. The summed E-state index contributed by atoms with van der Waals surface area (Å²) in [6.45, 7) is 5.42. The number of rotatable bonds is 6. The van der Waals surface area contributed by atoms with Gasteiger partial charge < -0.3 is 10.1 Å². The van der Waals surface area contributed by atoms with E-state index in [0.717, 1.165) is 5.56 Å². The van der Waals surface area contributed by atoms with Crippen LogP contribution < -0.4 is 5.32 Å². The maximum atomic E-state index is 11.4. The van der Waals surface area contributed by atoms with Crippen molar-refractivity contribution in [2.45, 2.75) is 6.92 Å². The molecule has 0 aromatic heterocycles. The van der Waals surface area contributed by atoms with Crippen LogP contribution in [0.1, 0.15) is 18.1 Å². The van der Waals surface area contributed by atoms with Gasteiger partial charge in [0, 0.05) is 11.6 Å². The normalized spacial score (nSPS) is 9.90. The van der Waals surface area contributed by atoms with Gasteiger partial charge in [0.1, 0.15) is 6.61 Å². The molecule has 0 aliphatic heterocycles. The monoisotopic (exact) mass is 284 g/mol. The number of amides is 1. The number of carbonyl (C=O) groups is 2. The van der Waals surface area contributed by atoms with E-state index in [4.69, 9.17) is 10.00 Å². The maximum absolute atomic E-state index is 11.4. The molecular weight excluding hydrogens is 268 g/mol. The molecule has 5 heteroatoms. The van der Waals surface area contributed by atoms with Crippen molar-refractivity contribution in [1.29, 1.82) is 5.26 Å². The first-order valence-corrected chi connectivity index (χ1v) is 6.31. The second-order valence-electron chi connectivity index (χ2n) is 4.27. The summed E-state index contributed by atoms with van der Waals surface area (Å²) in [7, 11) is 0. The van der Waals surface area contributed by atoms with E-state index in [0.29, 0.717) is 11.1 Å². The van der Waals surface area contributed by atoms with Gasteiger partial charge in [0.15, 0.2) is 0 Å². The zero-order chi connectivity index (χ0) is 15.7. The summed E-state index contributed by atoms with van der Waals surface area (Å²) >= 11 is 0. The van der Waals surface area contributed by atoms with Crippen LogP contribution in [0.25, 0.3) is 6.08 Å². The van der Waals surface area contributed by atoms with Crippen LogP contribution in [0.2, 0.25) is 0 Å². The molecule has 0 atom stereocenters. The maximum Gasteiger partial charge on any atom is 0.330 e. The fourth-order valence-corrected chi connectivity index (χ4v) is 1.35. The van der Waals surface area contributed by atoms with Crippen LogP contribution >= 0.6 is 0 Å². The minimum atomic E-state index is -0.496. The third-order valence-corrected chi connectivity index (χ3v) is 2.47. The van der Waals surface area contributed by atoms with E-state index in [-0.39, 0.29) is 19.1 Å². The highest BCUT2D eigenvalue weighted by molar-refractivity contribution is 5.92. The van der Waals surface area contributed by atoms with Crippen LogP contribution in [0, 0.1) is 11.3 Å². The van der Waals surface area contributed by atoms with E-state index in [2.05, 4.69) is 11.9 Å². The third kappa shape index (κ3) is 6.21. The molecule has 21 heavy (non-hydrogen) atoms. The van der Waals surface area contributed by atoms with Crippen LogP contribution in [0.15, 0.2) is 42.5 Å². The largest absolute Gasteiger partial charge is 0.461 e. The number of carbonyl (C=O) groups excluding carboxylic acids is 2. The molecular formula is C16H16N2O3. The minimum Gasteiger partial charge on any atom is -0.461 e. The van der Waals surface area contributed by atoms with Crippen molar-refractivity contribution in [3.05, 3.63) is 53.6 Å². The van der Waals surface area contributed by atoms with Gasteiger partial charge >= 0.3 is 5.97 Å². The van der Waals surface area contributed by atoms with Crippen LogP contribution in [0.4, 0.5) is 0 Å². The lowest BCUT2D eigenvalue weighted by molar-refractivity contribution is -0.138. The second-order valence-corrected chi connectivity index (χ2v) is 4.27. The van der Waals surface area contributed by atoms with Gasteiger partial charge in [0.2, 0.25) is 5.91 Å². The Balaban J connectivity index is 2.33. The summed E-state index contributed by atoms with van der Waals surface area (Å²) in [6.07, 6.45) is 2.89. The van der Waals surface area contributed by atoms with E-state index >= 15 is 0 Å². The van der Waals surface area contributed by atoms with Crippen molar-refractivity contribution in [1.82, 2.24) is 5.32 Å². The molecule has 1 rings (SSSR count). The number of hydrogen-bond donors (Lipinski definition) is 1. The number of esters is 1. The molecule has 0 radical (unpaired) electrons. The fraction of sp³-hybridized carbons (Fsp3) is 0.188. The van der Waals surface area contributed by atoms with E-state index in [1.807, 2.05) is 6.07 Å². The highest BCUT2D eigenvalue weighted by atomic mass is 16.5. The molecule has 0 bridgehead atoms. The molecule has 0 saturated heterocycles. The Morgan fingerprint density at radius 3 is 2.62 bits per heavy atom. The standard InChI is InChI=1S/C16H16N2O3/c1-12(2)16(20)18-9-10-21-15(19)8-7-13-3-5-14(11-17)6-4-13/h3-8H,1,9-10H2,2H3,(H,18,20)/b8-7+. The molecule has 0 saturated carbocycles. The summed E-state index contributed by atoms with van der Waals surface area (Å²) in [4.78, 5) is 22.6. The number of nitrogens with one attached hydrogen (secondary N) is 1. The zero-order valence-electron chi connectivity index (χ0n) is 11.8. The summed E-state index contributed by atoms with van der Waals surface area (Å²) < 4.78 is 4.92. The Hall–Kier alpha value is -2.87. The molecule has 108 valence electrons. The molecule has 0 aliphatic carbocycles. The average Bonchev–Trinajstić information content (AvgIpc) is 2.49. The lowest BCUT2D eigenvalue weighted by Crippen LogP contribution is -2.28. The summed E-state index contributed by atoms with van der Waals surface area (Å²) in [5.41, 5.74) is 1.76. The molecule has 0 aliphatic rings. The Morgan fingerprint density at radius 1 is 1.38 bits per heavy atom. The summed E-state index contributed by atoms with van der Waals surface area (Å²) in [6, 6.07) is 8.81. The zero-order valence-corrected chi connectivity index (χ0v) is 11.8. The molecule has 0 fully saturated rings. The van der Waals surface area contributed by atoms with Crippen molar-refractivity contribution in [2.24, 2.45) is 0 Å². The van der Waals surface area contributed by atoms with Gasteiger partial charge in [0.05, 0.1) is 18.2 Å². The van der Waals surface area contributed by atoms with Crippen molar-refractivity contribution < 1.29 is 14.3 Å². The van der Waals surface area contributed by atoms with Crippen molar-refractivity contribution in [2.75, 3.05) is 13.2 Å². The molecule has 0 spiro atoms. The number of ether oxygens (including phenoxy) is 1. The lowest BCUT2D eigenvalue weighted by Gasteiger charge is -2.04. The van der Waals surface area contributed by atoms with Crippen LogP contribution in [0.3, 0.4) is 0 Å². The molecule has 1 aromatic carbocycles. The molecule has 0 heterocycles. The first-order chi connectivity index (χ1) is 10.0. The predicted molar refractivity (Wildman–Crippen MR) is 79.0 cm³/mol. The summed E-state index contributed by atoms with van der Waals surface area (Å²) in [5, 5.41) is 11.2. The van der Waals surface area contributed by atoms with Gasteiger partial charge in [-0.1, -0.05) is 18.7 Å². The fourth-order valence-electron chi connectivity index (χ4n) is 1.35. The lowest BCUT2D eigenvalue weighted by atomic mass is 10.1. The van der Waals surface area contributed by atoms with Crippen molar-refractivity contribution >= 4 is 18.0 Å². The van der Waals surface area contributed by atoms with Gasteiger partial charge in [-0.15, -0.1) is 0 Å². The first-order valence-electron chi connectivity index (χ1n) is 6.31. The Kier molecular flexibility index (Phi) is 6.42. The second kappa shape index (κ2) is 8.33. The average molecular weight is 284 g/mol. The van der Waals surface area contributed by atoms with Gasteiger partial charge in [-0.3, -0.25) is 4.79 Å². The topological polar surface area (TPSA) is 79.2 Å². The van der Waals surface area contributed by atoms with Crippen molar-refractivity contribution in [3.8, 4) is 6.07 Å². The number of nitriles is 1. The van der Waals surface area contributed by atoms with E-state index < -0.39 is 5.97 Å². The first kappa shape index (κ1) is 16.2. The smallest absolute Gasteiger partial charge is 0.330 e. The highest BCUT2D eigenvalue weighted by Crippen LogP contribution is 2.05. The van der Waals surface area contributed by atoms with Crippen LogP contribution in [-0.2, 0) is 14.3 Å². The molecule has 1 amide bonds. The SMILES string of the molecule is C=C(C)C(=O)NCCOC(=O)/C=C/c1ccc(C#N)cc1. The molecule has 1 N–H and O–H groups in total. The van der Waals surface area contributed by atoms with Gasteiger partial charge in [-0.2, -0.15) is 5.26 Å². The minimum absolute atomic E-state index is 0.0928. The van der Waals surface area contributed by atoms with Crippen molar-refractivity contribution in [3.63, 3.8) is 0 Å². The van der Waals surface area contributed by atoms with Crippen LogP contribution in [0.5, 0.6) is 0 Å².